The maximum Gasteiger partial charge on any atom is 0.230 e. The monoisotopic (exact) mass is 330 g/mol. The van der Waals surface area contributed by atoms with Gasteiger partial charge in [-0.15, -0.1) is 0 Å². The third-order valence-corrected chi connectivity index (χ3v) is 5.80. The SMILES string of the molecule is C[C@@H](NC(=O)CSC1=NCCS1)c1cccc2ccccc12. The number of nitrogens with zero attached hydrogens (tertiary/aromatic N) is 1. The number of thioether (sulfide) groups is 2. The Balaban J connectivity index is 1.65. The van der Waals surface area contributed by atoms with Crippen LogP contribution < -0.4 is 5.32 Å². The van der Waals surface area contributed by atoms with Crippen molar-refractivity contribution in [2.45, 2.75) is 13.0 Å². The van der Waals surface area contributed by atoms with E-state index in [9.17, 15) is 4.79 Å². The van der Waals surface area contributed by atoms with Crippen LogP contribution in [0, 0.1) is 0 Å². The highest BCUT2D eigenvalue weighted by molar-refractivity contribution is 8.39. The van der Waals surface area contributed by atoms with Crippen molar-refractivity contribution < 1.29 is 4.79 Å². The summed E-state index contributed by atoms with van der Waals surface area (Å²) in [4.78, 5) is 16.5. The Kier molecular flexibility index (Phi) is 5.05. The van der Waals surface area contributed by atoms with Crippen molar-refractivity contribution in [3.05, 3.63) is 48.0 Å². The van der Waals surface area contributed by atoms with E-state index in [2.05, 4.69) is 34.6 Å². The first-order chi connectivity index (χ1) is 10.7. The number of aliphatic imine (C=N–C) groups is 1. The third kappa shape index (κ3) is 3.65. The second-order valence-corrected chi connectivity index (χ2v) is 7.45. The second-order valence-electron chi connectivity index (χ2n) is 5.14. The highest BCUT2D eigenvalue weighted by atomic mass is 32.2. The summed E-state index contributed by atoms with van der Waals surface area (Å²) in [5.41, 5.74) is 1.16. The second kappa shape index (κ2) is 7.20. The molecule has 0 fully saturated rings. The van der Waals surface area contributed by atoms with Crippen molar-refractivity contribution in [1.29, 1.82) is 0 Å². The van der Waals surface area contributed by atoms with Gasteiger partial charge in [-0.2, -0.15) is 0 Å². The highest BCUT2D eigenvalue weighted by Gasteiger charge is 2.14. The summed E-state index contributed by atoms with van der Waals surface area (Å²) in [5, 5.41) is 5.48. The molecule has 0 spiro atoms. The molecule has 0 unspecified atom stereocenters. The fourth-order valence-corrected chi connectivity index (χ4v) is 4.34. The Morgan fingerprint density at radius 1 is 1.32 bits per heavy atom. The van der Waals surface area contributed by atoms with E-state index in [4.69, 9.17) is 0 Å². The van der Waals surface area contributed by atoms with E-state index in [-0.39, 0.29) is 11.9 Å². The summed E-state index contributed by atoms with van der Waals surface area (Å²) in [6.45, 7) is 2.91. The van der Waals surface area contributed by atoms with Gasteiger partial charge in [-0.25, -0.2) is 0 Å². The molecule has 2 aromatic rings. The Morgan fingerprint density at radius 2 is 2.14 bits per heavy atom. The molecular weight excluding hydrogens is 312 g/mol. The maximum atomic E-state index is 12.1. The highest BCUT2D eigenvalue weighted by Crippen LogP contribution is 2.25. The molecular formula is C17H18N2OS2. The first-order valence-electron chi connectivity index (χ1n) is 7.31. The van der Waals surface area contributed by atoms with Crippen molar-refractivity contribution in [2.24, 2.45) is 4.99 Å². The minimum Gasteiger partial charge on any atom is -0.349 e. The largest absolute Gasteiger partial charge is 0.349 e. The van der Waals surface area contributed by atoms with Gasteiger partial charge in [0.1, 0.15) is 4.38 Å². The number of rotatable bonds is 4. The topological polar surface area (TPSA) is 41.5 Å². The number of nitrogens with one attached hydrogen (secondary N) is 1. The fourth-order valence-electron chi connectivity index (χ4n) is 2.52. The molecule has 2 aromatic carbocycles. The molecule has 1 heterocycles. The quantitative estimate of drug-likeness (QED) is 0.926. The zero-order chi connectivity index (χ0) is 15.4. The number of fused-ring (bicyclic) bond motifs is 1. The molecule has 1 aliphatic heterocycles. The maximum absolute atomic E-state index is 12.1. The van der Waals surface area contributed by atoms with Crippen LogP contribution in [0.1, 0.15) is 18.5 Å². The van der Waals surface area contributed by atoms with E-state index in [1.165, 1.54) is 22.5 Å². The van der Waals surface area contributed by atoms with Gasteiger partial charge in [-0.05, 0) is 23.3 Å². The molecule has 0 saturated carbocycles. The van der Waals surface area contributed by atoms with Crippen molar-refractivity contribution in [3.63, 3.8) is 0 Å². The summed E-state index contributed by atoms with van der Waals surface area (Å²) >= 11 is 3.27. The van der Waals surface area contributed by atoms with Gasteiger partial charge in [0.15, 0.2) is 0 Å². The van der Waals surface area contributed by atoms with Gasteiger partial charge < -0.3 is 5.32 Å². The number of hydrogen-bond donors (Lipinski definition) is 1. The molecule has 0 aliphatic carbocycles. The molecule has 114 valence electrons. The van der Waals surface area contributed by atoms with Crippen LogP contribution in [-0.2, 0) is 4.79 Å². The lowest BCUT2D eigenvalue weighted by Gasteiger charge is -2.16. The first-order valence-corrected chi connectivity index (χ1v) is 9.28. The zero-order valence-corrected chi connectivity index (χ0v) is 14.0. The molecule has 0 radical (unpaired) electrons. The first kappa shape index (κ1) is 15.4. The Hall–Kier alpha value is -1.46. The average Bonchev–Trinajstić information content (AvgIpc) is 3.06. The van der Waals surface area contributed by atoms with Crippen molar-refractivity contribution >= 4 is 44.6 Å². The summed E-state index contributed by atoms with van der Waals surface area (Å²) < 4.78 is 1.04. The fraction of sp³-hybridized carbons (Fsp3) is 0.294. The summed E-state index contributed by atoms with van der Waals surface area (Å²) in [6.07, 6.45) is 0. The predicted octanol–water partition coefficient (Wildman–Crippen LogP) is 3.85. The Bertz CT molecular complexity index is 709. The van der Waals surface area contributed by atoms with Crippen LogP contribution in [0.3, 0.4) is 0 Å². The molecule has 1 amide bonds. The van der Waals surface area contributed by atoms with Gasteiger partial charge in [0, 0.05) is 5.75 Å². The van der Waals surface area contributed by atoms with Crippen molar-refractivity contribution in [2.75, 3.05) is 18.1 Å². The van der Waals surface area contributed by atoms with E-state index in [1.807, 2.05) is 25.1 Å². The van der Waals surface area contributed by atoms with Gasteiger partial charge in [0.25, 0.3) is 0 Å². The number of hydrogen-bond acceptors (Lipinski definition) is 4. The van der Waals surface area contributed by atoms with E-state index in [0.29, 0.717) is 5.75 Å². The van der Waals surface area contributed by atoms with Crippen LogP contribution in [0.25, 0.3) is 10.8 Å². The van der Waals surface area contributed by atoms with E-state index >= 15 is 0 Å². The number of amides is 1. The number of benzene rings is 2. The van der Waals surface area contributed by atoms with Gasteiger partial charge in [-0.3, -0.25) is 9.79 Å². The average molecular weight is 330 g/mol. The predicted molar refractivity (Wildman–Crippen MR) is 97.7 cm³/mol. The molecule has 0 aromatic heterocycles. The minimum absolute atomic E-state index is 0.00244. The zero-order valence-electron chi connectivity index (χ0n) is 12.4. The van der Waals surface area contributed by atoms with Crippen molar-refractivity contribution in [1.82, 2.24) is 5.32 Å². The Morgan fingerprint density at radius 3 is 2.95 bits per heavy atom. The van der Waals surface area contributed by atoms with E-state index in [0.717, 1.165) is 22.2 Å². The lowest BCUT2D eigenvalue weighted by Crippen LogP contribution is -2.28. The van der Waals surface area contributed by atoms with E-state index < -0.39 is 0 Å². The summed E-state index contributed by atoms with van der Waals surface area (Å²) in [5.74, 6) is 1.53. The van der Waals surface area contributed by atoms with Crippen molar-refractivity contribution in [3.8, 4) is 0 Å². The third-order valence-electron chi connectivity index (χ3n) is 3.55. The molecule has 1 aliphatic rings. The molecule has 3 rings (SSSR count). The standard InChI is InChI=1S/C17H18N2OS2/c1-12(19-16(20)11-22-17-18-9-10-21-17)14-8-4-6-13-5-2-3-7-15(13)14/h2-8,12H,9-11H2,1H3,(H,19,20)/t12-/m1/s1. The lowest BCUT2D eigenvalue weighted by molar-refractivity contribution is -0.119. The molecule has 5 heteroatoms. The molecule has 22 heavy (non-hydrogen) atoms. The van der Waals surface area contributed by atoms with Gasteiger partial charge in [0.05, 0.1) is 18.3 Å². The van der Waals surface area contributed by atoms with Crippen LogP contribution in [0.5, 0.6) is 0 Å². The summed E-state index contributed by atoms with van der Waals surface area (Å²) in [7, 11) is 0. The van der Waals surface area contributed by atoms with Gasteiger partial charge in [0.2, 0.25) is 5.91 Å². The molecule has 1 atom stereocenters. The van der Waals surface area contributed by atoms with Gasteiger partial charge >= 0.3 is 0 Å². The Labute approximate surface area is 139 Å². The molecule has 0 bridgehead atoms. The number of carbonyl (C=O) groups is 1. The summed E-state index contributed by atoms with van der Waals surface area (Å²) in [6, 6.07) is 14.5. The molecule has 3 nitrogen and oxygen atoms in total. The smallest absolute Gasteiger partial charge is 0.230 e. The van der Waals surface area contributed by atoms with Crippen LogP contribution in [0.15, 0.2) is 47.5 Å². The normalized spacial score (nSPS) is 15.6. The lowest BCUT2D eigenvalue weighted by atomic mass is 10.00. The number of carbonyl (C=O) groups excluding carboxylic acids is 1. The van der Waals surface area contributed by atoms with Crippen LogP contribution in [0.4, 0.5) is 0 Å². The van der Waals surface area contributed by atoms with Crippen LogP contribution >= 0.6 is 23.5 Å². The molecule has 1 N–H and O–H groups in total. The van der Waals surface area contributed by atoms with Crippen LogP contribution in [0.2, 0.25) is 0 Å². The van der Waals surface area contributed by atoms with Gasteiger partial charge in [-0.1, -0.05) is 66.0 Å². The van der Waals surface area contributed by atoms with E-state index in [1.54, 1.807) is 11.8 Å². The molecule has 0 saturated heterocycles. The van der Waals surface area contributed by atoms with Crippen LogP contribution in [-0.4, -0.2) is 28.3 Å². The minimum atomic E-state index is -0.00244.